The Bertz CT molecular complexity index is 692. The molecule has 2 aromatic rings. The first kappa shape index (κ1) is 15.0. The molecule has 1 aromatic carbocycles. The number of carbonyl (C=O) groups excluding carboxylic acids is 1. The zero-order chi connectivity index (χ0) is 15.2. The van der Waals surface area contributed by atoms with Gasteiger partial charge in [0, 0.05) is 6.07 Å². The van der Waals surface area contributed by atoms with Crippen LogP contribution in [0.5, 0.6) is 0 Å². The summed E-state index contributed by atoms with van der Waals surface area (Å²) in [6, 6.07) is 10.7. The van der Waals surface area contributed by atoms with Gasteiger partial charge in [0.25, 0.3) is 5.56 Å². The molecule has 0 fully saturated rings. The van der Waals surface area contributed by atoms with Gasteiger partial charge in [-0.15, -0.1) is 0 Å². The van der Waals surface area contributed by atoms with E-state index in [4.69, 9.17) is 4.74 Å². The predicted octanol–water partition coefficient (Wildman–Crippen LogP) is 1.71. The van der Waals surface area contributed by atoms with Crippen LogP contribution in [-0.2, 0) is 22.5 Å². The van der Waals surface area contributed by atoms with E-state index in [1.165, 1.54) is 10.7 Å². The fourth-order valence-electron chi connectivity index (χ4n) is 2.05. The van der Waals surface area contributed by atoms with Crippen molar-refractivity contribution in [3.8, 4) is 0 Å². The van der Waals surface area contributed by atoms with Crippen molar-refractivity contribution >= 4 is 5.97 Å². The lowest BCUT2D eigenvalue weighted by atomic mass is 10.1. The molecule has 0 aliphatic heterocycles. The fourth-order valence-corrected chi connectivity index (χ4v) is 2.05. The second kappa shape index (κ2) is 6.83. The Balaban J connectivity index is 2.16. The summed E-state index contributed by atoms with van der Waals surface area (Å²) in [5.74, 6) is -0.250. The average Bonchev–Trinajstić information content (AvgIpc) is 2.43. The molecule has 0 spiro atoms. The van der Waals surface area contributed by atoms with Crippen molar-refractivity contribution in [3.05, 3.63) is 63.6 Å². The first-order valence-corrected chi connectivity index (χ1v) is 6.86. The summed E-state index contributed by atoms with van der Waals surface area (Å²) in [6.45, 7) is 4.38. The van der Waals surface area contributed by atoms with E-state index in [1.54, 1.807) is 13.0 Å². The maximum atomic E-state index is 11.7. The SMILES string of the molecule is CCOC(=O)Cc1cccc(Cn2nc(C)ccc2=O)c1. The summed E-state index contributed by atoms with van der Waals surface area (Å²) in [5.41, 5.74) is 2.44. The Morgan fingerprint density at radius 2 is 2.00 bits per heavy atom. The van der Waals surface area contributed by atoms with Crippen molar-refractivity contribution in [1.29, 1.82) is 0 Å². The first-order chi connectivity index (χ1) is 10.1. The largest absolute Gasteiger partial charge is 0.466 e. The minimum atomic E-state index is -0.250. The van der Waals surface area contributed by atoms with Crippen molar-refractivity contribution in [2.24, 2.45) is 0 Å². The summed E-state index contributed by atoms with van der Waals surface area (Å²) in [7, 11) is 0. The van der Waals surface area contributed by atoms with E-state index in [0.29, 0.717) is 13.2 Å². The minimum absolute atomic E-state index is 0.142. The van der Waals surface area contributed by atoms with E-state index in [-0.39, 0.29) is 17.9 Å². The van der Waals surface area contributed by atoms with Crippen LogP contribution in [0.15, 0.2) is 41.2 Å². The Kier molecular flexibility index (Phi) is 4.87. The molecule has 0 aliphatic rings. The highest BCUT2D eigenvalue weighted by Crippen LogP contribution is 2.08. The fraction of sp³-hybridized carbons (Fsp3) is 0.312. The smallest absolute Gasteiger partial charge is 0.310 e. The van der Waals surface area contributed by atoms with Gasteiger partial charge in [-0.25, -0.2) is 4.68 Å². The highest BCUT2D eigenvalue weighted by atomic mass is 16.5. The van der Waals surface area contributed by atoms with Crippen LogP contribution in [0.3, 0.4) is 0 Å². The molecule has 0 unspecified atom stereocenters. The maximum absolute atomic E-state index is 11.7. The van der Waals surface area contributed by atoms with Gasteiger partial charge in [0.05, 0.1) is 25.3 Å². The second-order valence-corrected chi connectivity index (χ2v) is 4.77. The molecule has 1 heterocycles. The van der Waals surface area contributed by atoms with E-state index in [0.717, 1.165) is 16.8 Å². The van der Waals surface area contributed by atoms with E-state index in [1.807, 2.05) is 31.2 Å². The molecule has 2 rings (SSSR count). The monoisotopic (exact) mass is 286 g/mol. The van der Waals surface area contributed by atoms with Gasteiger partial charge in [-0.2, -0.15) is 5.10 Å². The van der Waals surface area contributed by atoms with Gasteiger partial charge < -0.3 is 4.74 Å². The molecular formula is C16H18N2O3. The van der Waals surface area contributed by atoms with Gasteiger partial charge in [0.2, 0.25) is 0 Å². The van der Waals surface area contributed by atoms with Gasteiger partial charge in [0.15, 0.2) is 0 Å². The second-order valence-electron chi connectivity index (χ2n) is 4.77. The molecule has 5 nitrogen and oxygen atoms in total. The predicted molar refractivity (Wildman–Crippen MR) is 79.1 cm³/mol. The molecule has 0 atom stereocenters. The van der Waals surface area contributed by atoms with Crippen molar-refractivity contribution in [2.45, 2.75) is 26.8 Å². The molecule has 0 bridgehead atoms. The third-order valence-corrected chi connectivity index (χ3v) is 2.98. The molecule has 0 saturated carbocycles. The molecule has 0 N–H and O–H groups in total. The van der Waals surface area contributed by atoms with E-state index in [2.05, 4.69) is 5.10 Å². The van der Waals surface area contributed by atoms with Gasteiger partial charge in [-0.1, -0.05) is 24.3 Å². The van der Waals surface area contributed by atoms with Crippen LogP contribution in [-0.4, -0.2) is 22.4 Å². The van der Waals surface area contributed by atoms with Crippen molar-refractivity contribution in [2.75, 3.05) is 6.61 Å². The Labute approximate surface area is 123 Å². The summed E-state index contributed by atoms with van der Waals surface area (Å²) in [5, 5.41) is 4.20. The van der Waals surface area contributed by atoms with Crippen LogP contribution in [0.2, 0.25) is 0 Å². The third-order valence-electron chi connectivity index (χ3n) is 2.98. The zero-order valence-electron chi connectivity index (χ0n) is 12.2. The molecular weight excluding hydrogens is 268 g/mol. The summed E-state index contributed by atoms with van der Waals surface area (Å²) in [6.07, 6.45) is 0.234. The normalized spacial score (nSPS) is 10.4. The molecule has 1 aromatic heterocycles. The molecule has 110 valence electrons. The average molecular weight is 286 g/mol. The number of rotatable bonds is 5. The third kappa shape index (κ3) is 4.27. The number of hydrogen-bond donors (Lipinski definition) is 0. The first-order valence-electron chi connectivity index (χ1n) is 6.86. The highest BCUT2D eigenvalue weighted by Gasteiger charge is 2.06. The summed E-state index contributed by atoms with van der Waals surface area (Å²) >= 11 is 0. The molecule has 21 heavy (non-hydrogen) atoms. The lowest BCUT2D eigenvalue weighted by molar-refractivity contribution is -0.142. The van der Waals surface area contributed by atoms with Crippen molar-refractivity contribution in [1.82, 2.24) is 9.78 Å². The quantitative estimate of drug-likeness (QED) is 0.785. The lowest BCUT2D eigenvalue weighted by Crippen LogP contribution is -2.23. The summed E-state index contributed by atoms with van der Waals surface area (Å²) in [4.78, 5) is 23.2. The Morgan fingerprint density at radius 3 is 2.76 bits per heavy atom. The number of carbonyl (C=O) groups is 1. The van der Waals surface area contributed by atoms with E-state index in [9.17, 15) is 9.59 Å². The lowest BCUT2D eigenvalue weighted by Gasteiger charge is -2.07. The van der Waals surface area contributed by atoms with Crippen LogP contribution < -0.4 is 5.56 Å². The topological polar surface area (TPSA) is 61.2 Å². The number of esters is 1. The number of aromatic nitrogens is 2. The van der Waals surface area contributed by atoms with Gasteiger partial charge in [-0.05, 0) is 31.0 Å². The van der Waals surface area contributed by atoms with Gasteiger partial charge in [0.1, 0.15) is 0 Å². The van der Waals surface area contributed by atoms with Gasteiger partial charge in [-0.3, -0.25) is 9.59 Å². The number of nitrogens with zero attached hydrogens (tertiary/aromatic N) is 2. The van der Waals surface area contributed by atoms with Gasteiger partial charge >= 0.3 is 5.97 Å². The number of benzene rings is 1. The standard InChI is InChI=1S/C16H18N2O3/c1-3-21-16(20)10-13-5-4-6-14(9-13)11-18-15(19)8-7-12(2)17-18/h4-9H,3,10-11H2,1-2H3. The van der Waals surface area contributed by atoms with Crippen molar-refractivity contribution < 1.29 is 9.53 Å². The molecule has 0 aliphatic carbocycles. The molecule has 0 saturated heterocycles. The molecule has 0 radical (unpaired) electrons. The van der Waals surface area contributed by atoms with Crippen LogP contribution in [0.25, 0.3) is 0 Å². The number of hydrogen-bond acceptors (Lipinski definition) is 4. The van der Waals surface area contributed by atoms with Crippen molar-refractivity contribution in [3.63, 3.8) is 0 Å². The van der Waals surface area contributed by atoms with E-state index >= 15 is 0 Å². The number of aryl methyl sites for hydroxylation is 1. The Hall–Kier alpha value is -2.43. The van der Waals surface area contributed by atoms with E-state index < -0.39 is 0 Å². The highest BCUT2D eigenvalue weighted by molar-refractivity contribution is 5.72. The summed E-state index contributed by atoms with van der Waals surface area (Å²) < 4.78 is 6.35. The van der Waals surface area contributed by atoms with Crippen LogP contribution in [0, 0.1) is 6.92 Å². The Morgan fingerprint density at radius 1 is 1.24 bits per heavy atom. The maximum Gasteiger partial charge on any atom is 0.310 e. The molecule has 5 heteroatoms. The van der Waals surface area contributed by atoms with Crippen LogP contribution >= 0.6 is 0 Å². The number of ether oxygens (including phenoxy) is 1. The minimum Gasteiger partial charge on any atom is -0.466 e. The zero-order valence-corrected chi connectivity index (χ0v) is 12.2. The molecule has 0 amide bonds. The van der Waals surface area contributed by atoms with Crippen LogP contribution in [0.4, 0.5) is 0 Å². The van der Waals surface area contributed by atoms with Crippen LogP contribution in [0.1, 0.15) is 23.7 Å².